The second-order valence-corrected chi connectivity index (χ2v) is 5.87. The third kappa shape index (κ3) is 5.14. The summed E-state index contributed by atoms with van der Waals surface area (Å²) in [6.45, 7) is 6.64. The van der Waals surface area contributed by atoms with Gasteiger partial charge in [0.25, 0.3) is 0 Å². The van der Waals surface area contributed by atoms with Gasteiger partial charge in [-0.1, -0.05) is 0 Å². The van der Waals surface area contributed by atoms with Crippen LogP contribution in [-0.2, 0) is 4.79 Å². The van der Waals surface area contributed by atoms with Crippen molar-refractivity contribution in [3.05, 3.63) is 24.0 Å². The summed E-state index contributed by atoms with van der Waals surface area (Å²) in [6.07, 6.45) is 1.55. The molecule has 124 valence electrons. The fraction of sp³-hybridized carbons (Fsp3) is 0.562. The molecule has 6 heteroatoms. The monoisotopic (exact) mass is 330 g/mol. The molecule has 0 unspecified atom stereocenters. The lowest BCUT2D eigenvalue weighted by molar-refractivity contribution is -0.120. The molecule has 1 aromatic carbocycles. The van der Waals surface area contributed by atoms with E-state index >= 15 is 0 Å². The Morgan fingerprint density at radius 1 is 1.45 bits per heavy atom. The van der Waals surface area contributed by atoms with E-state index in [1.54, 1.807) is 12.1 Å². The predicted octanol–water partition coefficient (Wildman–Crippen LogP) is 3.36. The number of hydrogen-bond donors (Lipinski definition) is 2. The van der Waals surface area contributed by atoms with Crippen LogP contribution in [0, 0.1) is 11.7 Å². The van der Waals surface area contributed by atoms with E-state index < -0.39 is 5.82 Å². The van der Waals surface area contributed by atoms with Gasteiger partial charge in [0.2, 0.25) is 5.91 Å². The first-order chi connectivity index (χ1) is 9.95. The molecule has 1 aromatic rings. The number of carbonyl (C=O) groups is 1. The molecule has 2 N–H and O–H groups in total. The van der Waals surface area contributed by atoms with Crippen molar-refractivity contribution in [3.8, 4) is 5.75 Å². The summed E-state index contributed by atoms with van der Waals surface area (Å²) in [6, 6.07) is 4.85. The molecule has 0 aliphatic carbocycles. The topological polar surface area (TPSA) is 50.4 Å². The highest BCUT2D eigenvalue weighted by Crippen LogP contribution is 2.24. The first-order valence-corrected chi connectivity index (χ1v) is 7.46. The molecule has 1 saturated heterocycles. The van der Waals surface area contributed by atoms with Gasteiger partial charge in [-0.15, -0.1) is 12.4 Å². The van der Waals surface area contributed by atoms with Gasteiger partial charge in [-0.25, -0.2) is 4.39 Å². The van der Waals surface area contributed by atoms with Gasteiger partial charge in [0.15, 0.2) is 0 Å². The van der Waals surface area contributed by atoms with Crippen LogP contribution in [0.2, 0.25) is 0 Å². The standard InChI is InChI=1S/C16H23FN2O2.ClH/c1-10(2)21-13-4-5-15(14(17)9-13)19-16(20)12-6-7-18-11(3)8-12;/h4-5,9-12,18H,6-8H2,1-3H3,(H,19,20);1H/t11-,12-;/m0./s1. The van der Waals surface area contributed by atoms with Crippen molar-refractivity contribution in [2.45, 2.75) is 45.8 Å². The molecule has 1 amide bonds. The lowest BCUT2D eigenvalue weighted by Gasteiger charge is -2.27. The smallest absolute Gasteiger partial charge is 0.227 e. The van der Waals surface area contributed by atoms with E-state index in [0.717, 1.165) is 19.4 Å². The molecule has 0 saturated carbocycles. The van der Waals surface area contributed by atoms with E-state index in [4.69, 9.17) is 4.74 Å². The molecule has 1 fully saturated rings. The summed E-state index contributed by atoms with van der Waals surface area (Å²) in [5.74, 6) is -0.175. The van der Waals surface area contributed by atoms with Crippen LogP contribution in [0.3, 0.4) is 0 Å². The highest BCUT2D eigenvalue weighted by molar-refractivity contribution is 5.92. The quantitative estimate of drug-likeness (QED) is 0.890. The zero-order chi connectivity index (χ0) is 15.4. The largest absolute Gasteiger partial charge is 0.491 e. The van der Waals surface area contributed by atoms with Crippen LogP contribution in [-0.4, -0.2) is 24.6 Å². The van der Waals surface area contributed by atoms with Gasteiger partial charge < -0.3 is 15.4 Å². The molecule has 1 aliphatic heterocycles. The average Bonchev–Trinajstić information content (AvgIpc) is 2.41. The first kappa shape index (κ1) is 18.7. The van der Waals surface area contributed by atoms with Gasteiger partial charge in [0, 0.05) is 18.0 Å². The maximum Gasteiger partial charge on any atom is 0.227 e. The lowest BCUT2D eigenvalue weighted by atomic mass is 9.92. The van der Waals surface area contributed by atoms with Crippen molar-refractivity contribution >= 4 is 24.0 Å². The van der Waals surface area contributed by atoms with E-state index in [2.05, 4.69) is 17.6 Å². The van der Waals surface area contributed by atoms with Crippen LogP contribution in [0.1, 0.15) is 33.6 Å². The van der Waals surface area contributed by atoms with Gasteiger partial charge in [-0.3, -0.25) is 4.79 Å². The van der Waals surface area contributed by atoms with Crippen LogP contribution in [0.5, 0.6) is 5.75 Å². The second-order valence-electron chi connectivity index (χ2n) is 5.87. The van der Waals surface area contributed by atoms with Crippen molar-refractivity contribution in [2.24, 2.45) is 5.92 Å². The number of amides is 1. The number of anilines is 1. The fourth-order valence-corrected chi connectivity index (χ4v) is 2.55. The zero-order valence-corrected chi connectivity index (χ0v) is 14.0. The molecule has 0 bridgehead atoms. The molecule has 0 radical (unpaired) electrons. The number of nitrogens with one attached hydrogen (secondary N) is 2. The normalized spacial score (nSPS) is 21.1. The van der Waals surface area contributed by atoms with Crippen LogP contribution < -0.4 is 15.4 Å². The number of carbonyl (C=O) groups excluding carboxylic acids is 1. The minimum absolute atomic E-state index is 0. The Morgan fingerprint density at radius 3 is 2.77 bits per heavy atom. The lowest BCUT2D eigenvalue weighted by Crippen LogP contribution is -2.40. The third-order valence-electron chi connectivity index (χ3n) is 3.56. The molecule has 2 atom stereocenters. The van der Waals surface area contributed by atoms with Crippen LogP contribution in [0.25, 0.3) is 0 Å². The molecular weight excluding hydrogens is 307 g/mol. The Balaban J connectivity index is 0.00000242. The second kappa shape index (κ2) is 8.34. The maximum atomic E-state index is 14.0. The van der Waals surface area contributed by atoms with E-state index in [1.807, 2.05) is 13.8 Å². The molecular formula is C16H24ClFN2O2. The molecule has 2 rings (SSSR count). The summed E-state index contributed by atoms with van der Waals surface area (Å²) >= 11 is 0. The number of piperidine rings is 1. The molecule has 0 spiro atoms. The minimum Gasteiger partial charge on any atom is -0.491 e. The number of benzene rings is 1. The van der Waals surface area contributed by atoms with Crippen molar-refractivity contribution in [1.82, 2.24) is 5.32 Å². The zero-order valence-electron chi connectivity index (χ0n) is 13.2. The Bertz CT molecular complexity index is 511. The molecule has 0 aromatic heterocycles. The summed E-state index contributed by atoms with van der Waals surface area (Å²) in [5, 5.41) is 5.98. The van der Waals surface area contributed by atoms with Crippen molar-refractivity contribution in [1.29, 1.82) is 0 Å². The molecule has 4 nitrogen and oxygen atoms in total. The Morgan fingerprint density at radius 2 is 2.18 bits per heavy atom. The highest BCUT2D eigenvalue weighted by Gasteiger charge is 2.25. The van der Waals surface area contributed by atoms with E-state index in [1.165, 1.54) is 6.07 Å². The first-order valence-electron chi connectivity index (χ1n) is 7.46. The van der Waals surface area contributed by atoms with Crippen molar-refractivity contribution in [2.75, 3.05) is 11.9 Å². The third-order valence-corrected chi connectivity index (χ3v) is 3.56. The number of rotatable bonds is 4. The minimum atomic E-state index is -0.469. The van der Waals surface area contributed by atoms with Gasteiger partial charge >= 0.3 is 0 Å². The van der Waals surface area contributed by atoms with Gasteiger partial charge in [0.1, 0.15) is 11.6 Å². The van der Waals surface area contributed by atoms with E-state index in [9.17, 15) is 9.18 Å². The summed E-state index contributed by atoms with van der Waals surface area (Å²) < 4.78 is 19.4. The fourth-order valence-electron chi connectivity index (χ4n) is 2.55. The average molecular weight is 331 g/mol. The Labute approximate surface area is 137 Å². The maximum absolute atomic E-state index is 14.0. The van der Waals surface area contributed by atoms with Crippen LogP contribution in [0.4, 0.5) is 10.1 Å². The molecule has 1 heterocycles. The van der Waals surface area contributed by atoms with Crippen LogP contribution in [0.15, 0.2) is 18.2 Å². The Hall–Kier alpha value is -1.33. The molecule has 1 aliphatic rings. The summed E-state index contributed by atoms with van der Waals surface area (Å²) in [4.78, 5) is 12.2. The van der Waals surface area contributed by atoms with Gasteiger partial charge in [0.05, 0.1) is 11.8 Å². The van der Waals surface area contributed by atoms with E-state index in [0.29, 0.717) is 11.8 Å². The number of ether oxygens (including phenoxy) is 1. The van der Waals surface area contributed by atoms with E-state index in [-0.39, 0.29) is 36.0 Å². The summed E-state index contributed by atoms with van der Waals surface area (Å²) in [7, 11) is 0. The SMILES string of the molecule is CC(C)Oc1ccc(NC(=O)[C@H]2CCN[C@@H](C)C2)c(F)c1.Cl. The number of hydrogen-bond acceptors (Lipinski definition) is 3. The van der Waals surface area contributed by atoms with Crippen molar-refractivity contribution < 1.29 is 13.9 Å². The molecule has 22 heavy (non-hydrogen) atoms. The number of halogens is 2. The van der Waals surface area contributed by atoms with Gasteiger partial charge in [-0.05, 0) is 52.3 Å². The summed E-state index contributed by atoms with van der Waals surface area (Å²) in [5.41, 5.74) is 0.210. The predicted molar refractivity (Wildman–Crippen MR) is 88.2 cm³/mol. The highest BCUT2D eigenvalue weighted by atomic mass is 35.5. The Kier molecular flexibility index (Phi) is 7.10. The van der Waals surface area contributed by atoms with Crippen LogP contribution >= 0.6 is 12.4 Å². The van der Waals surface area contributed by atoms with Gasteiger partial charge in [-0.2, -0.15) is 0 Å². The van der Waals surface area contributed by atoms with Crippen molar-refractivity contribution in [3.63, 3.8) is 0 Å².